The van der Waals surface area contributed by atoms with Crippen molar-refractivity contribution in [2.24, 2.45) is 11.8 Å². The monoisotopic (exact) mass is 374 g/mol. The molecule has 1 aliphatic carbocycles. The normalized spacial score (nSPS) is 19.4. The highest BCUT2D eigenvalue weighted by Gasteiger charge is 2.23. The minimum atomic E-state index is -0.245. The van der Waals surface area contributed by atoms with Crippen molar-refractivity contribution in [3.8, 4) is 0 Å². The van der Waals surface area contributed by atoms with Gasteiger partial charge >= 0.3 is 11.9 Å². The van der Waals surface area contributed by atoms with Crippen molar-refractivity contribution in [2.45, 2.75) is 71.1 Å². The molecular weight excluding hydrogens is 340 g/mol. The van der Waals surface area contributed by atoms with Crippen molar-refractivity contribution in [1.29, 1.82) is 0 Å². The van der Waals surface area contributed by atoms with E-state index in [4.69, 9.17) is 9.47 Å². The lowest BCUT2D eigenvalue weighted by Gasteiger charge is -2.27. The predicted molar refractivity (Wildman–Crippen MR) is 107 cm³/mol. The number of ether oxygens (including phenoxy) is 2. The third-order valence-corrected chi connectivity index (χ3v) is 5.39. The molecule has 0 unspecified atom stereocenters. The second kappa shape index (κ2) is 12.5. The highest BCUT2D eigenvalue weighted by Crippen LogP contribution is 2.29. The molecular formula is C23H34O4. The zero-order valence-corrected chi connectivity index (χ0v) is 16.7. The maximum Gasteiger partial charge on any atom is 0.338 e. The molecule has 2 rings (SSSR count). The van der Waals surface area contributed by atoms with E-state index < -0.39 is 0 Å². The number of benzene rings is 1. The van der Waals surface area contributed by atoms with Crippen molar-refractivity contribution < 1.29 is 19.1 Å². The van der Waals surface area contributed by atoms with Gasteiger partial charge in [-0.1, -0.05) is 50.8 Å². The summed E-state index contributed by atoms with van der Waals surface area (Å²) >= 11 is 0. The Morgan fingerprint density at radius 2 is 1.44 bits per heavy atom. The summed E-state index contributed by atoms with van der Waals surface area (Å²) in [6.07, 6.45) is 10.4. The number of unbranched alkanes of at least 4 members (excludes halogenated alkanes) is 4. The van der Waals surface area contributed by atoms with Crippen LogP contribution in [0.3, 0.4) is 0 Å². The predicted octanol–water partition coefficient (Wildman–Crippen LogP) is 5.55. The SMILES string of the molecule is CCCCCCCC(=O)OCC1CCC(COC(=O)c2ccccc2)CC1. The number of rotatable bonds is 11. The van der Waals surface area contributed by atoms with Crippen LogP contribution in [0.2, 0.25) is 0 Å². The van der Waals surface area contributed by atoms with Crippen LogP contribution in [0, 0.1) is 11.8 Å². The maximum atomic E-state index is 12.0. The summed E-state index contributed by atoms with van der Waals surface area (Å²) < 4.78 is 10.9. The molecule has 1 saturated carbocycles. The smallest absolute Gasteiger partial charge is 0.338 e. The lowest BCUT2D eigenvalue weighted by molar-refractivity contribution is -0.145. The van der Waals surface area contributed by atoms with Crippen molar-refractivity contribution in [2.75, 3.05) is 13.2 Å². The Morgan fingerprint density at radius 1 is 0.852 bits per heavy atom. The molecule has 1 fully saturated rings. The van der Waals surface area contributed by atoms with Crippen LogP contribution >= 0.6 is 0 Å². The highest BCUT2D eigenvalue weighted by atomic mass is 16.5. The molecule has 27 heavy (non-hydrogen) atoms. The topological polar surface area (TPSA) is 52.6 Å². The number of esters is 2. The molecule has 1 aliphatic rings. The fourth-order valence-corrected chi connectivity index (χ4v) is 3.57. The van der Waals surface area contributed by atoms with Gasteiger partial charge in [0.25, 0.3) is 0 Å². The van der Waals surface area contributed by atoms with Gasteiger partial charge in [-0.15, -0.1) is 0 Å². The van der Waals surface area contributed by atoms with Crippen LogP contribution in [0.5, 0.6) is 0 Å². The molecule has 0 spiro atoms. The van der Waals surface area contributed by atoms with E-state index in [9.17, 15) is 9.59 Å². The molecule has 150 valence electrons. The Morgan fingerprint density at radius 3 is 2.07 bits per heavy atom. The maximum absolute atomic E-state index is 12.0. The van der Waals surface area contributed by atoms with Gasteiger partial charge in [0.1, 0.15) is 0 Å². The summed E-state index contributed by atoms with van der Waals surface area (Å²) in [4.78, 5) is 23.8. The number of hydrogen-bond donors (Lipinski definition) is 0. The van der Waals surface area contributed by atoms with Crippen LogP contribution in [0.25, 0.3) is 0 Å². The first-order chi connectivity index (χ1) is 13.2. The second-order valence-electron chi connectivity index (χ2n) is 7.70. The molecule has 0 bridgehead atoms. The molecule has 0 aliphatic heterocycles. The Balaban J connectivity index is 1.53. The molecule has 4 heteroatoms. The lowest BCUT2D eigenvalue weighted by Crippen LogP contribution is -2.23. The standard InChI is InChI=1S/C23H34O4/c1-2-3-4-5-9-12-22(24)26-17-19-13-15-20(16-14-19)18-27-23(25)21-10-7-6-8-11-21/h6-8,10-11,19-20H,2-5,9,12-18H2,1H3. The molecule has 0 heterocycles. The van der Waals surface area contributed by atoms with Crippen LogP contribution in [0.15, 0.2) is 30.3 Å². The second-order valence-corrected chi connectivity index (χ2v) is 7.70. The van der Waals surface area contributed by atoms with Crippen LogP contribution in [0.4, 0.5) is 0 Å². The Labute approximate surface area is 163 Å². The first kappa shape index (κ1) is 21.5. The van der Waals surface area contributed by atoms with Crippen LogP contribution < -0.4 is 0 Å². The van der Waals surface area contributed by atoms with Crippen molar-refractivity contribution >= 4 is 11.9 Å². The molecule has 4 nitrogen and oxygen atoms in total. The number of carbonyl (C=O) groups excluding carboxylic acids is 2. The van der Waals surface area contributed by atoms with Crippen molar-refractivity contribution in [1.82, 2.24) is 0 Å². The van der Waals surface area contributed by atoms with Gasteiger partial charge in [-0.3, -0.25) is 4.79 Å². The summed E-state index contributed by atoms with van der Waals surface area (Å²) in [5, 5.41) is 0. The third kappa shape index (κ3) is 8.59. The summed E-state index contributed by atoms with van der Waals surface area (Å²) in [7, 11) is 0. The van der Waals surface area contributed by atoms with E-state index in [2.05, 4.69) is 6.92 Å². The molecule has 0 atom stereocenters. The van der Waals surface area contributed by atoms with E-state index in [0.717, 1.165) is 38.5 Å². The summed E-state index contributed by atoms with van der Waals surface area (Å²) in [6.45, 7) is 3.22. The molecule has 1 aromatic carbocycles. The van der Waals surface area contributed by atoms with Gasteiger partial charge < -0.3 is 9.47 Å². The van der Waals surface area contributed by atoms with Crippen LogP contribution in [0.1, 0.15) is 81.5 Å². The third-order valence-electron chi connectivity index (χ3n) is 5.39. The first-order valence-electron chi connectivity index (χ1n) is 10.6. The first-order valence-corrected chi connectivity index (χ1v) is 10.6. The van der Waals surface area contributed by atoms with Crippen LogP contribution in [-0.4, -0.2) is 25.2 Å². The minimum absolute atomic E-state index is 0.0505. The summed E-state index contributed by atoms with van der Waals surface area (Å²) in [5.74, 6) is 0.578. The van der Waals surface area contributed by atoms with Crippen molar-refractivity contribution in [3.05, 3.63) is 35.9 Å². The van der Waals surface area contributed by atoms with E-state index in [-0.39, 0.29) is 11.9 Å². The van der Waals surface area contributed by atoms with E-state index in [1.807, 2.05) is 18.2 Å². The zero-order chi connectivity index (χ0) is 19.3. The van der Waals surface area contributed by atoms with Crippen LogP contribution in [-0.2, 0) is 14.3 Å². The van der Waals surface area contributed by atoms with Gasteiger partial charge in [-0.2, -0.15) is 0 Å². The van der Waals surface area contributed by atoms with E-state index in [1.54, 1.807) is 12.1 Å². The van der Waals surface area contributed by atoms with Crippen molar-refractivity contribution in [3.63, 3.8) is 0 Å². The average Bonchev–Trinajstić information content (AvgIpc) is 2.71. The summed E-state index contributed by atoms with van der Waals surface area (Å²) in [6, 6.07) is 9.12. The van der Waals surface area contributed by atoms with Gasteiger partial charge in [0.05, 0.1) is 18.8 Å². The largest absolute Gasteiger partial charge is 0.465 e. The molecule has 0 aromatic heterocycles. The molecule has 0 radical (unpaired) electrons. The van der Waals surface area contributed by atoms with Gasteiger partial charge in [-0.05, 0) is 56.1 Å². The fraction of sp³-hybridized carbons (Fsp3) is 0.652. The molecule has 0 amide bonds. The van der Waals surface area contributed by atoms with E-state index in [1.165, 1.54) is 19.3 Å². The molecule has 1 aromatic rings. The quantitative estimate of drug-likeness (QED) is 0.376. The Kier molecular flexibility index (Phi) is 9.96. The van der Waals surface area contributed by atoms with Gasteiger partial charge in [0.15, 0.2) is 0 Å². The molecule has 0 saturated heterocycles. The average molecular weight is 375 g/mol. The number of carbonyl (C=O) groups is 2. The molecule has 0 N–H and O–H groups in total. The van der Waals surface area contributed by atoms with E-state index in [0.29, 0.717) is 37.0 Å². The van der Waals surface area contributed by atoms with Gasteiger partial charge in [-0.25, -0.2) is 4.79 Å². The Hall–Kier alpha value is -1.84. The fourth-order valence-electron chi connectivity index (χ4n) is 3.57. The van der Waals surface area contributed by atoms with Gasteiger partial charge in [0.2, 0.25) is 0 Å². The lowest BCUT2D eigenvalue weighted by atomic mass is 9.83. The van der Waals surface area contributed by atoms with E-state index >= 15 is 0 Å². The Bertz CT molecular complexity index is 547. The summed E-state index contributed by atoms with van der Waals surface area (Å²) in [5.41, 5.74) is 0.604. The minimum Gasteiger partial charge on any atom is -0.465 e. The number of hydrogen-bond acceptors (Lipinski definition) is 4. The highest BCUT2D eigenvalue weighted by molar-refractivity contribution is 5.89. The van der Waals surface area contributed by atoms with Gasteiger partial charge in [0, 0.05) is 6.42 Å². The zero-order valence-electron chi connectivity index (χ0n) is 16.7.